The Bertz CT molecular complexity index is 59.5. The van der Waals surface area contributed by atoms with E-state index in [-0.39, 0.29) is 7.43 Å². The Balaban J connectivity index is 0. The van der Waals surface area contributed by atoms with Gasteiger partial charge in [-0.1, -0.05) is 28.2 Å². The monoisotopic (exact) mass is 131 g/mol. The van der Waals surface area contributed by atoms with E-state index in [0.717, 1.165) is 6.54 Å². The summed E-state index contributed by atoms with van der Waals surface area (Å²) in [4.78, 5) is 2.21. The number of rotatable bonds is 1. The number of nitrogens with zero attached hydrogens (tertiary/aromatic N) is 1. The Morgan fingerprint density at radius 3 is 1.44 bits per heavy atom. The molecule has 0 fully saturated rings. The third-order valence-electron chi connectivity index (χ3n) is 0.791. The highest BCUT2D eigenvalue weighted by Crippen LogP contribution is 2.12. The Kier molecular flexibility index (Phi) is 5.06. The first kappa shape index (κ1) is 11.7. The topological polar surface area (TPSA) is 3.24 Å². The molecule has 0 aliphatic carbocycles. The molecule has 0 radical (unpaired) electrons. The lowest BCUT2D eigenvalue weighted by Crippen LogP contribution is -2.25. The molecule has 0 aromatic carbocycles. The normalized spacial score (nSPS) is 11.3. The van der Waals surface area contributed by atoms with Crippen LogP contribution >= 0.6 is 0 Å². The average Bonchev–Trinajstić information content (AvgIpc) is 1.21. The van der Waals surface area contributed by atoms with Crippen LogP contribution in [0.5, 0.6) is 0 Å². The van der Waals surface area contributed by atoms with Gasteiger partial charge in [-0.2, -0.15) is 0 Å². The van der Waals surface area contributed by atoms with E-state index in [1.807, 2.05) is 0 Å². The van der Waals surface area contributed by atoms with Crippen LogP contribution in [0.3, 0.4) is 0 Å². The van der Waals surface area contributed by atoms with E-state index in [4.69, 9.17) is 0 Å². The molecule has 9 heavy (non-hydrogen) atoms. The summed E-state index contributed by atoms with van der Waals surface area (Å²) in [6, 6.07) is 0. The Hall–Kier alpha value is -0.0400. The summed E-state index contributed by atoms with van der Waals surface area (Å²) in [5.41, 5.74) is 0.448. The van der Waals surface area contributed by atoms with Gasteiger partial charge in [-0.05, 0) is 19.5 Å². The molecule has 0 aromatic rings. The van der Waals surface area contributed by atoms with Crippen molar-refractivity contribution in [3.05, 3.63) is 0 Å². The summed E-state index contributed by atoms with van der Waals surface area (Å²) in [6.07, 6.45) is 0. The fourth-order valence-electron chi connectivity index (χ4n) is 0.949. The molecule has 0 aromatic heterocycles. The summed E-state index contributed by atoms with van der Waals surface area (Å²) in [5, 5.41) is 0. The van der Waals surface area contributed by atoms with Gasteiger partial charge in [0.15, 0.2) is 0 Å². The maximum atomic E-state index is 2.24. The molecule has 1 heteroatoms. The lowest BCUT2D eigenvalue weighted by Gasteiger charge is -2.22. The summed E-state index contributed by atoms with van der Waals surface area (Å²) in [7, 11) is 4.20. The third kappa shape index (κ3) is 11.5. The minimum atomic E-state index is 0. The van der Waals surface area contributed by atoms with Gasteiger partial charge < -0.3 is 4.90 Å². The molecule has 0 aliphatic rings. The molecule has 0 bridgehead atoms. The van der Waals surface area contributed by atoms with E-state index < -0.39 is 0 Å². The van der Waals surface area contributed by atoms with Crippen molar-refractivity contribution in [3.8, 4) is 0 Å². The van der Waals surface area contributed by atoms with Gasteiger partial charge in [0.25, 0.3) is 0 Å². The van der Waals surface area contributed by atoms with Crippen molar-refractivity contribution >= 4 is 0 Å². The molecule has 0 atom stereocenters. The summed E-state index contributed by atoms with van der Waals surface area (Å²) < 4.78 is 0. The zero-order chi connectivity index (χ0) is 6.78. The summed E-state index contributed by atoms with van der Waals surface area (Å²) in [5.74, 6) is 0. The molecule has 0 unspecified atom stereocenters. The van der Waals surface area contributed by atoms with Gasteiger partial charge in [0.2, 0.25) is 0 Å². The first-order chi connectivity index (χ1) is 3.42. The van der Waals surface area contributed by atoms with Gasteiger partial charge in [-0.25, -0.2) is 0 Å². The summed E-state index contributed by atoms with van der Waals surface area (Å²) in [6.45, 7) is 7.89. The van der Waals surface area contributed by atoms with Crippen molar-refractivity contribution < 1.29 is 0 Å². The van der Waals surface area contributed by atoms with Crippen molar-refractivity contribution in [2.75, 3.05) is 20.6 Å². The van der Waals surface area contributed by atoms with Gasteiger partial charge in [-0.15, -0.1) is 0 Å². The maximum Gasteiger partial charge on any atom is 0.00239 e. The lowest BCUT2D eigenvalue weighted by atomic mass is 9.97. The second-order valence-corrected chi connectivity index (χ2v) is 3.80. The van der Waals surface area contributed by atoms with E-state index in [1.165, 1.54) is 0 Å². The molecular formula is C8H21N. The van der Waals surface area contributed by atoms with Crippen LogP contribution in [0.1, 0.15) is 28.2 Å². The van der Waals surface area contributed by atoms with E-state index in [0.29, 0.717) is 5.41 Å². The fraction of sp³-hybridized carbons (Fsp3) is 1.00. The largest absolute Gasteiger partial charge is 0.309 e. The SMILES string of the molecule is C.CN(C)CC(C)(C)C. The summed E-state index contributed by atoms with van der Waals surface area (Å²) >= 11 is 0. The molecule has 0 aliphatic heterocycles. The zero-order valence-electron chi connectivity index (χ0n) is 6.65. The van der Waals surface area contributed by atoms with E-state index in [1.54, 1.807) is 0 Å². The van der Waals surface area contributed by atoms with Crippen molar-refractivity contribution in [1.82, 2.24) is 4.90 Å². The van der Waals surface area contributed by atoms with Gasteiger partial charge in [-0.3, -0.25) is 0 Å². The molecule has 0 saturated heterocycles. The predicted molar refractivity (Wildman–Crippen MR) is 44.7 cm³/mol. The number of hydrogen-bond acceptors (Lipinski definition) is 1. The first-order valence-electron chi connectivity index (χ1n) is 3.06. The highest BCUT2D eigenvalue weighted by molar-refractivity contribution is 4.63. The Morgan fingerprint density at radius 1 is 1.11 bits per heavy atom. The molecule has 0 amide bonds. The van der Waals surface area contributed by atoms with E-state index >= 15 is 0 Å². The van der Waals surface area contributed by atoms with Crippen LogP contribution in [-0.2, 0) is 0 Å². The average molecular weight is 131 g/mol. The minimum absolute atomic E-state index is 0. The molecule has 0 heterocycles. The first-order valence-corrected chi connectivity index (χ1v) is 3.06. The second kappa shape index (κ2) is 3.89. The van der Waals surface area contributed by atoms with E-state index in [9.17, 15) is 0 Å². The lowest BCUT2D eigenvalue weighted by molar-refractivity contribution is 0.263. The molecule has 0 N–H and O–H groups in total. The standard InChI is InChI=1S/C7H17N.CH4/c1-7(2,3)6-8(4)5;/h6H2,1-5H3;1H4. The van der Waals surface area contributed by atoms with Crippen molar-refractivity contribution in [1.29, 1.82) is 0 Å². The highest BCUT2D eigenvalue weighted by atomic mass is 15.1. The van der Waals surface area contributed by atoms with Crippen LogP contribution in [0.15, 0.2) is 0 Å². The molecular weight excluding hydrogens is 110 g/mol. The van der Waals surface area contributed by atoms with Crippen LogP contribution in [0.4, 0.5) is 0 Å². The van der Waals surface area contributed by atoms with Gasteiger partial charge in [0, 0.05) is 6.54 Å². The third-order valence-corrected chi connectivity index (χ3v) is 0.791. The number of hydrogen-bond donors (Lipinski definition) is 0. The van der Waals surface area contributed by atoms with Gasteiger partial charge in [0.05, 0.1) is 0 Å². The molecule has 0 rings (SSSR count). The molecule has 1 nitrogen and oxygen atoms in total. The smallest absolute Gasteiger partial charge is 0.00239 e. The van der Waals surface area contributed by atoms with Crippen molar-refractivity contribution in [2.24, 2.45) is 5.41 Å². The Morgan fingerprint density at radius 2 is 1.44 bits per heavy atom. The van der Waals surface area contributed by atoms with Crippen molar-refractivity contribution in [3.63, 3.8) is 0 Å². The minimum Gasteiger partial charge on any atom is -0.309 e. The quantitative estimate of drug-likeness (QED) is 0.527. The molecule has 0 saturated carbocycles. The van der Waals surface area contributed by atoms with Crippen LogP contribution < -0.4 is 0 Å². The van der Waals surface area contributed by atoms with Crippen LogP contribution in [0, 0.1) is 5.41 Å². The zero-order valence-corrected chi connectivity index (χ0v) is 6.65. The van der Waals surface area contributed by atoms with Gasteiger partial charge in [0.1, 0.15) is 0 Å². The Labute approximate surface area is 60.1 Å². The van der Waals surface area contributed by atoms with Gasteiger partial charge >= 0.3 is 0 Å². The molecule has 58 valence electrons. The van der Waals surface area contributed by atoms with Crippen LogP contribution in [0.25, 0.3) is 0 Å². The predicted octanol–water partition coefficient (Wildman–Crippen LogP) is 2.23. The van der Waals surface area contributed by atoms with Crippen molar-refractivity contribution in [2.45, 2.75) is 28.2 Å². The highest BCUT2D eigenvalue weighted by Gasteiger charge is 2.09. The fourth-order valence-corrected chi connectivity index (χ4v) is 0.949. The maximum absolute atomic E-state index is 2.24. The van der Waals surface area contributed by atoms with Crippen LogP contribution in [-0.4, -0.2) is 25.5 Å². The van der Waals surface area contributed by atoms with Crippen LogP contribution in [0.2, 0.25) is 0 Å². The second-order valence-electron chi connectivity index (χ2n) is 3.80. The molecule has 0 spiro atoms. The van der Waals surface area contributed by atoms with E-state index in [2.05, 4.69) is 39.8 Å².